The minimum absolute atomic E-state index is 0.102. The number of esters is 1. The van der Waals surface area contributed by atoms with Crippen LogP contribution in [0.4, 0.5) is 5.69 Å². The van der Waals surface area contributed by atoms with Crippen LogP contribution in [0.25, 0.3) is 0 Å². The Hall–Kier alpha value is -3.15. The summed E-state index contributed by atoms with van der Waals surface area (Å²) < 4.78 is 10.9. The number of rotatable bonds is 8. The van der Waals surface area contributed by atoms with Gasteiger partial charge in [-0.3, -0.25) is 9.59 Å². The molecule has 0 bridgehead atoms. The zero-order valence-electron chi connectivity index (χ0n) is 15.6. The van der Waals surface area contributed by atoms with Gasteiger partial charge in [-0.15, -0.1) is 0 Å². The maximum absolute atomic E-state index is 12.3. The molecule has 0 aliphatic carbocycles. The third kappa shape index (κ3) is 5.95. The lowest BCUT2D eigenvalue weighted by Crippen LogP contribution is -2.36. The molecule has 0 spiro atoms. The number of benzene rings is 2. The number of amides is 1. The quantitative estimate of drug-likeness (QED) is 0.568. The molecule has 0 fully saturated rings. The maximum atomic E-state index is 12.3. The Morgan fingerprint density at radius 2 is 1.74 bits per heavy atom. The summed E-state index contributed by atoms with van der Waals surface area (Å²) in [5.74, 6) is -0.644. The van der Waals surface area contributed by atoms with E-state index in [-0.39, 0.29) is 5.78 Å². The highest BCUT2D eigenvalue weighted by Gasteiger charge is 2.25. The molecule has 1 amide bonds. The third-order valence-electron chi connectivity index (χ3n) is 3.85. The number of ether oxygens (including phenoxy) is 2. The third-order valence-corrected chi connectivity index (χ3v) is 3.85. The Morgan fingerprint density at radius 3 is 2.37 bits per heavy atom. The van der Waals surface area contributed by atoms with Gasteiger partial charge in [0.15, 0.2) is 18.0 Å². The zero-order chi connectivity index (χ0) is 19.8. The fourth-order valence-corrected chi connectivity index (χ4v) is 2.32. The number of hydrogen-bond acceptors (Lipinski definition) is 5. The van der Waals surface area contributed by atoms with Crippen LogP contribution in [0.3, 0.4) is 0 Å². The molecule has 2 atom stereocenters. The molecule has 0 aromatic heterocycles. The molecule has 2 aromatic rings. The maximum Gasteiger partial charge on any atom is 0.348 e. The first kappa shape index (κ1) is 20.2. The molecule has 6 nitrogen and oxygen atoms in total. The molecule has 0 aliphatic rings. The predicted octanol–water partition coefficient (Wildman–Crippen LogP) is 3.62. The van der Waals surface area contributed by atoms with Gasteiger partial charge < -0.3 is 14.8 Å². The van der Waals surface area contributed by atoms with Gasteiger partial charge in [0.2, 0.25) is 0 Å². The number of carbonyl (C=O) groups is 3. The molecular formula is C21H23NO5. The number of anilines is 1. The molecule has 0 radical (unpaired) electrons. The number of para-hydroxylation sites is 1. The van der Waals surface area contributed by atoms with Crippen LogP contribution in [0.5, 0.6) is 5.75 Å². The number of carbonyl (C=O) groups excluding carboxylic acids is 3. The highest BCUT2D eigenvalue weighted by atomic mass is 16.6. The van der Waals surface area contributed by atoms with Crippen molar-refractivity contribution in [2.45, 2.75) is 39.4 Å². The first-order valence-electron chi connectivity index (χ1n) is 8.74. The summed E-state index contributed by atoms with van der Waals surface area (Å²) in [6.45, 7) is 4.73. The zero-order valence-corrected chi connectivity index (χ0v) is 15.6. The van der Waals surface area contributed by atoms with E-state index in [1.807, 2.05) is 6.07 Å². The molecule has 2 rings (SSSR count). The van der Waals surface area contributed by atoms with Crippen LogP contribution in [0.15, 0.2) is 54.6 Å². The molecule has 6 heteroatoms. The molecule has 0 aliphatic heterocycles. The van der Waals surface area contributed by atoms with E-state index in [1.54, 1.807) is 55.5 Å². The van der Waals surface area contributed by atoms with Gasteiger partial charge in [-0.25, -0.2) is 4.79 Å². The molecule has 0 unspecified atom stereocenters. The second kappa shape index (κ2) is 9.52. The van der Waals surface area contributed by atoms with Crippen LogP contribution in [0.2, 0.25) is 0 Å². The molecule has 27 heavy (non-hydrogen) atoms. The summed E-state index contributed by atoms with van der Waals surface area (Å²) >= 11 is 0. The standard InChI is InChI=1S/C21H23NO5/c1-4-19(27-18-11-6-5-7-12-18)21(25)26-15(3)20(24)22-17-10-8-9-16(13-17)14(2)23/h5-13,15,19H,4H2,1-3H3,(H,22,24)/t15-,19+/m1/s1. The van der Waals surface area contributed by atoms with Gasteiger partial charge in [0, 0.05) is 11.3 Å². The number of nitrogens with one attached hydrogen (secondary N) is 1. The normalized spacial score (nSPS) is 12.6. The van der Waals surface area contributed by atoms with Gasteiger partial charge in [-0.05, 0) is 44.5 Å². The predicted molar refractivity (Wildman–Crippen MR) is 102 cm³/mol. The molecule has 0 saturated heterocycles. The largest absolute Gasteiger partial charge is 0.479 e. The second-order valence-corrected chi connectivity index (χ2v) is 6.03. The van der Waals surface area contributed by atoms with E-state index in [9.17, 15) is 14.4 Å². The average molecular weight is 369 g/mol. The number of hydrogen-bond donors (Lipinski definition) is 1. The summed E-state index contributed by atoms with van der Waals surface area (Å²) in [6, 6.07) is 15.5. The fraction of sp³-hybridized carbons (Fsp3) is 0.286. The lowest BCUT2D eigenvalue weighted by atomic mass is 10.1. The van der Waals surface area contributed by atoms with Gasteiger partial charge in [0.25, 0.3) is 5.91 Å². The van der Waals surface area contributed by atoms with Crippen molar-refractivity contribution in [1.29, 1.82) is 0 Å². The average Bonchev–Trinajstić information content (AvgIpc) is 2.66. The molecule has 142 valence electrons. The van der Waals surface area contributed by atoms with Crippen molar-refractivity contribution in [1.82, 2.24) is 0 Å². The van der Waals surface area contributed by atoms with E-state index in [0.717, 1.165) is 0 Å². The lowest BCUT2D eigenvalue weighted by Gasteiger charge is -2.19. The van der Waals surface area contributed by atoms with Crippen LogP contribution >= 0.6 is 0 Å². The van der Waals surface area contributed by atoms with E-state index < -0.39 is 24.1 Å². The number of Topliss-reactive ketones (excluding diaryl/α,β-unsaturated/α-hetero) is 1. The highest BCUT2D eigenvalue weighted by molar-refractivity contribution is 5.98. The topological polar surface area (TPSA) is 81.7 Å². The smallest absolute Gasteiger partial charge is 0.348 e. The van der Waals surface area contributed by atoms with Crippen molar-refractivity contribution in [3.63, 3.8) is 0 Å². The number of ketones is 1. The van der Waals surface area contributed by atoms with E-state index in [2.05, 4.69) is 5.32 Å². The Bertz CT molecular complexity index is 803. The summed E-state index contributed by atoms with van der Waals surface area (Å²) in [5, 5.41) is 2.64. The SMILES string of the molecule is CC[C@H](Oc1ccccc1)C(=O)O[C@H](C)C(=O)Nc1cccc(C(C)=O)c1. The van der Waals surface area contributed by atoms with Crippen molar-refractivity contribution >= 4 is 23.3 Å². The van der Waals surface area contributed by atoms with Crippen molar-refractivity contribution in [3.8, 4) is 5.75 Å². The van der Waals surface area contributed by atoms with Crippen molar-refractivity contribution in [3.05, 3.63) is 60.2 Å². The Kier molecular flexibility index (Phi) is 7.11. The van der Waals surface area contributed by atoms with Gasteiger partial charge in [0.1, 0.15) is 5.75 Å². The highest BCUT2D eigenvalue weighted by Crippen LogP contribution is 2.15. The van der Waals surface area contributed by atoms with Gasteiger partial charge in [-0.2, -0.15) is 0 Å². The van der Waals surface area contributed by atoms with Crippen molar-refractivity contribution < 1.29 is 23.9 Å². The van der Waals surface area contributed by atoms with Crippen LogP contribution in [-0.4, -0.2) is 29.9 Å². The van der Waals surface area contributed by atoms with E-state index in [0.29, 0.717) is 23.4 Å². The summed E-state index contributed by atoms with van der Waals surface area (Å²) in [4.78, 5) is 36.0. The summed E-state index contributed by atoms with van der Waals surface area (Å²) in [5.41, 5.74) is 0.947. The van der Waals surface area contributed by atoms with Crippen LogP contribution < -0.4 is 10.1 Å². The summed E-state index contributed by atoms with van der Waals surface area (Å²) in [6.07, 6.45) is -1.40. The minimum Gasteiger partial charge on any atom is -0.479 e. The monoisotopic (exact) mass is 369 g/mol. The van der Waals surface area contributed by atoms with E-state index >= 15 is 0 Å². The van der Waals surface area contributed by atoms with Crippen LogP contribution in [-0.2, 0) is 14.3 Å². The van der Waals surface area contributed by atoms with E-state index in [1.165, 1.54) is 13.8 Å². The fourth-order valence-electron chi connectivity index (χ4n) is 2.32. The van der Waals surface area contributed by atoms with Crippen LogP contribution in [0.1, 0.15) is 37.6 Å². The first-order chi connectivity index (χ1) is 12.9. The molecule has 2 aromatic carbocycles. The Morgan fingerprint density at radius 1 is 1.04 bits per heavy atom. The second-order valence-electron chi connectivity index (χ2n) is 6.03. The van der Waals surface area contributed by atoms with E-state index in [4.69, 9.17) is 9.47 Å². The molecule has 1 N–H and O–H groups in total. The van der Waals surface area contributed by atoms with Gasteiger partial charge in [0.05, 0.1) is 0 Å². The van der Waals surface area contributed by atoms with Gasteiger partial charge in [-0.1, -0.05) is 37.3 Å². The Labute approximate surface area is 158 Å². The van der Waals surface area contributed by atoms with Crippen molar-refractivity contribution in [2.75, 3.05) is 5.32 Å². The first-order valence-corrected chi connectivity index (χ1v) is 8.74. The Balaban J connectivity index is 1.95. The molecule has 0 heterocycles. The summed E-state index contributed by atoms with van der Waals surface area (Å²) in [7, 11) is 0. The van der Waals surface area contributed by atoms with Crippen molar-refractivity contribution in [2.24, 2.45) is 0 Å². The van der Waals surface area contributed by atoms with Crippen LogP contribution in [0, 0.1) is 0 Å². The van der Waals surface area contributed by atoms with Gasteiger partial charge >= 0.3 is 5.97 Å². The minimum atomic E-state index is -1.01. The molecular weight excluding hydrogens is 346 g/mol. The lowest BCUT2D eigenvalue weighted by molar-refractivity contribution is -0.160. The molecule has 0 saturated carbocycles.